The van der Waals surface area contributed by atoms with E-state index >= 15 is 0 Å². The van der Waals surface area contributed by atoms with E-state index in [9.17, 15) is 0 Å². The minimum Gasteiger partial charge on any atom is -0.316 e. The van der Waals surface area contributed by atoms with Crippen LogP contribution in [0, 0.1) is 0 Å². The smallest absolute Gasteiger partial charge is 0.150 e. The zero-order chi connectivity index (χ0) is 9.10. The van der Waals surface area contributed by atoms with Crippen LogP contribution < -0.4 is 5.32 Å². The SMILES string of the molecule is Cn1ncnc1C=C1CCNCC1. The van der Waals surface area contributed by atoms with Crippen molar-refractivity contribution < 1.29 is 0 Å². The number of rotatable bonds is 1. The van der Waals surface area contributed by atoms with E-state index in [-0.39, 0.29) is 0 Å². The molecule has 4 nitrogen and oxygen atoms in total. The number of nitrogens with zero attached hydrogens (tertiary/aromatic N) is 3. The number of hydrogen-bond donors (Lipinski definition) is 1. The molecule has 0 unspecified atom stereocenters. The normalized spacial score (nSPS) is 17.5. The van der Waals surface area contributed by atoms with Crippen molar-refractivity contribution in [1.82, 2.24) is 20.1 Å². The largest absolute Gasteiger partial charge is 0.316 e. The van der Waals surface area contributed by atoms with Gasteiger partial charge >= 0.3 is 0 Å². The van der Waals surface area contributed by atoms with E-state index in [0.717, 1.165) is 31.8 Å². The zero-order valence-electron chi connectivity index (χ0n) is 7.82. The van der Waals surface area contributed by atoms with Crippen LogP contribution in [0.15, 0.2) is 11.9 Å². The lowest BCUT2D eigenvalue weighted by atomic mass is 10.1. The monoisotopic (exact) mass is 178 g/mol. The van der Waals surface area contributed by atoms with Crippen LogP contribution in [0.4, 0.5) is 0 Å². The number of hydrogen-bond acceptors (Lipinski definition) is 3. The van der Waals surface area contributed by atoms with Gasteiger partial charge < -0.3 is 5.32 Å². The Morgan fingerprint density at radius 3 is 2.85 bits per heavy atom. The molecule has 0 spiro atoms. The Labute approximate surface area is 77.7 Å². The maximum Gasteiger partial charge on any atom is 0.150 e. The Balaban J connectivity index is 2.14. The molecule has 1 aliphatic rings. The van der Waals surface area contributed by atoms with E-state index in [4.69, 9.17) is 0 Å². The van der Waals surface area contributed by atoms with Crippen LogP contribution in [0.3, 0.4) is 0 Å². The standard InChI is InChI=1S/C9H14N4/c1-13-9(11-7-12-13)6-8-2-4-10-5-3-8/h6-7,10H,2-5H2,1H3. The van der Waals surface area contributed by atoms with Gasteiger partial charge in [-0.2, -0.15) is 5.10 Å². The van der Waals surface area contributed by atoms with E-state index in [0.29, 0.717) is 0 Å². The summed E-state index contributed by atoms with van der Waals surface area (Å²) < 4.78 is 1.80. The second-order valence-corrected chi connectivity index (χ2v) is 3.29. The first-order chi connectivity index (χ1) is 6.36. The number of aryl methyl sites for hydroxylation is 1. The fourth-order valence-electron chi connectivity index (χ4n) is 1.51. The van der Waals surface area contributed by atoms with Gasteiger partial charge in [0.05, 0.1) is 0 Å². The van der Waals surface area contributed by atoms with Gasteiger partial charge in [-0.05, 0) is 32.0 Å². The first-order valence-electron chi connectivity index (χ1n) is 4.60. The average molecular weight is 178 g/mol. The molecule has 1 aromatic heterocycles. The molecule has 13 heavy (non-hydrogen) atoms. The van der Waals surface area contributed by atoms with Crippen molar-refractivity contribution in [3.05, 3.63) is 17.7 Å². The van der Waals surface area contributed by atoms with Crippen LogP contribution in [-0.2, 0) is 7.05 Å². The van der Waals surface area contributed by atoms with Crippen LogP contribution in [0.2, 0.25) is 0 Å². The Hall–Kier alpha value is -1.16. The number of aromatic nitrogens is 3. The molecule has 1 fully saturated rings. The van der Waals surface area contributed by atoms with Gasteiger partial charge in [0.2, 0.25) is 0 Å². The fraction of sp³-hybridized carbons (Fsp3) is 0.556. The van der Waals surface area contributed by atoms with Crippen molar-refractivity contribution in [3.63, 3.8) is 0 Å². The molecule has 0 aliphatic carbocycles. The summed E-state index contributed by atoms with van der Waals surface area (Å²) in [6.07, 6.45) is 6.00. The predicted octanol–water partition coefficient (Wildman–Crippen LogP) is 0.582. The van der Waals surface area contributed by atoms with Crippen molar-refractivity contribution in [2.24, 2.45) is 7.05 Å². The third-order valence-corrected chi connectivity index (χ3v) is 2.33. The second-order valence-electron chi connectivity index (χ2n) is 3.29. The number of nitrogens with one attached hydrogen (secondary N) is 1. The molecule has 1 aliphatic heterocycles. The summed E-state index contributed by atoms with van der Waals surface area (Å²) in [4.78, 5) is 4.16. The maximum absolute atomic E-state index is 4.16. The lowest BCUT2D eigenvalue weighted by Gasteiger charge is -2.14. The summed E-state index contributed by atoms with van der Waals surface area (Å²) in [5.41, 5.74) is 1.47. The topological polar surface area (TPSA) is 42.7 Å². The molecular formula is C9H14N4. The summed E-state index contributed by atoms with van der Waals surface area (Å²) in [6, 6.07) is 0. The van der Waals surface area contributed by atoms with Gasteiger partial charge in [0.1, 0.15) is 12.2 Å². The Morgan fingerprint density at radius 2 is 2.23 bits per heavy atom. The van der Waals surface area contributed by atoms with E-state index in [1.165, 1.54) is 5.57 Å². The van der Waals surface area contributed by atoms with Crippen molar-refractivity contribution in [2.75, 3.05) is 13.1 Å². The molecule has 1 aromatic rings. The van der Waals surface area contributed by atoms with E-state index in [1.54, 1.807) is 11.0 Å². The molecular weight excluding hydrogens is 164 g/mol. The van der Waals surface area contributed by atoms with Crippen LogP contribution in [0.25, 0.3) is 6.08 Å². The molecule has 0 atom stereocenters. The highest BCUT2D eigenvalue weighted by Crippen LogP contribution is 2.13. The first-order valence-corrected chi connectivity index (χ1v) is 4.60. The lowest BCUT2D eigenvalue weighted by Crippen LogP contribution is -2.23. The Kier molecular flexibility index (Phi) is 2.40. The predicted molar refractivity (Wildman–Crippen MR) is 51.1 cm³/mol. The summed E-state index contributed by atoms with van der Waals surface area (Å²) in [6.45, 7) is 2.17. The molecule has 0 aromatic carbocycles. The van der Waals surface area contributed by atoms with Gasteiger partial charge in [-0.1, -0.05) is 5.57 Å². The molecule has 2 heterocycles. The highest BCUT2D eigenvalue weighted by atomic mass is 15.3. The molecule has 70 valence electrons. The minimum absolute atomic E-state index is 0.955. The lowest BCUT2D eigenvalue weighted by molar-refractivity contribution is 0.612. The van der Waals surface area contributed by atoms with Crippen LogP contribution in [0.1, 0.15) is 18.7 Å². The zero-order valence-corrected chi connectivity index (χ0v) is 7.82. The summed E-state index contributed by atoms with van der Waals surface area (Å²) in [7, 11) is 1.92. The molecule has 0 bridgehead atoms. The van der Waals surface area contributed by atoms with Crippen molar-refractivity contribution >= 4 is 6.08 Å². The van der Waals surface area contributed by atoms with Crippen molar-refractivity contribution in [3.8, 4) is 0 Å². The highest BCUT2D eigenvalue weighted by molar-refractivity contribution is 5.45. The number of piperidine rings is 1. The summed E-state index contributed by atoms with van der Waals surface area (Å²) in [5.74, 6) is 0.955. The average Bonchev–Trinajstić information content (AvgIpc) is 2.54. The molecule has 1 saturated heterocycles. The van der Waals surface area contributed by atoms with Gasteiger partial charge in [-0.15, -0.1) is 0 Å². The van der Waals surface area contributed by atoms with Gasteiger partial charge in [-0.25, -0.2) is 9.67 Å². The minimum atomic E-state index is 0.955. The molecule has 4 heteroatoms. The van der Waals surface area contributed by atoms with Gasteiger partial charge in [0.25, 0.3) is 0 Å². The fourth-order valence-corrected chi connectivity index (χ4v) is 1.51. The quantitative estimate of drug-likeness (QED) is 0.684. The van der Waals surface area contributed by atoms with Crippen LogP contribution in [-0.4, -0.2) is 27.9 Å². The van der Waals surface area contributed by atoms with E-state index in [2.05, 4.69) is 21.5 Å². The molecule has 2 rings (SSSR count). The Morgan fingerprint density at radius 1 is 1.46 bits per heavy atom. The van der Waals surface area contributed by atoms with E-state index < -0.39 is 0 Å². The second kappa shape index (κ2) is 3.70. The Bertz CT molecular complexity index is 305. The van der Waals surface area contributed by atoms with Crippen LogP contribution >= 0.6 is 0 Å². The van der Waals surface area contributed by atoms with Crippen molar-refractivity contribution in [1.29, 1.82) is 0 Å². The third kappa shape index (κ3) is 1.95. The highest BCUT2D eigenvalue weighted by Gasteiger charge is 2.05. The summed E-state index contributed by atoms with van der Waals surface area (Å²) in [5, 5.41) is 7.35. The molecule has 0 amide bonds. The van der Waals surface area contributed by atoms with Gasteiger partial charge in [0.15, 0.2) is 0 Å². The summed E-state index contributed by atoms with van der Waals surface area (Å²) >= 11 is 0. The third-order valence-electron chi connectivity index (χ3n) is 2.33. The first kappa shape index (κ1) is 8.44. The van der Waals surface area contributed by atoms with E-state index in [1.807, 2.05) is 7.05 Å². The maximum atomic E-state index is 4.16. The van der Waals surface area contributed by atoms with Crippen LogP contribution in [0.5, 0.6) is 0 Å². The van der Waals surface area contributed by atoms with Gasteiger partial charge in [-0.3, -0.25) is 0 Å². The molecule has 0 saturated carbocycles. The molecule has 1 N–H and O–H groups in total. The van der Waals surface area contributed by atoms with Gasteiger partial charge in [0, 0.05) is 7.05 Å². The molecule has 0 radical (unpaired) electrons. The van der Waals surface area contributed by atoms with Crippen molar-refractivity contribution in [2.45, 2.75) is 12.8 Å².